The Morgan fingerprint density at radius 1 is 0.902 bits per heavy atom. The van der Waals surface area contributed by atoms with Gasteiger partial charge in [0.25, 0.3) is 5.91 Å². The van der Waals surface area contributed by atoms with Crippen molar-refractivity contribution in [3.8, 4) is 16.9 Å². The molecule has 0 heterocycles. The number of nitroso groups, excluding NO2 is 1. The van der Waals surface area contributed by atoms with E-state index in [-0.39, 0.29) is 5.91 Å². The first-order valence-electron chi connectivity index (χ1n) is 13.5. The number of hydrogen-bond donors (Lipinski definition) is 3. The highest BCUT2D eigenvalue weighted by Gasteiger charge is 2.22. The predicted molar refractivity (Wildman–Crippen MR) is 170 cm³/mol. The number of hydrogen-bond acceptors (Lipinski definition) is 7. The van der Waals surface area contributed by atoms with Crippen molar-refractivity contribution in [1.82, 2.24) is 5.32 Å². The molecular formula is C33H36N4O3S. The molecule has 0 bridgehead atoms. The second-order valence-corrected chi connectivity index (χ2v) is 11.2. The van der Waals surface area contributed by atoms with E-state index < -0.39 is 5.54 Å². The van der Waals surface area contributed by atoms with E-state index in [0.717, 1.165) is 49.8 Å². The van der Waals surface area contributed by atoms with Crippen LogP contribution in [0.15, 0.2) is 95.0 Å². The number of amides is 1. The van der Waals surface area contributed by atoms with Gasteiger partial charge in [0.05, 0.1) is 12.0 Å². The Kier molecular flexibility index (Phi) is 9.68. The van der Waals surface area contributed by atoms with E-state index in [1.807, 2.05) is 107 Å². The van der Waals surface area contributed by atoms with E-state index >= 15 is 0 Å². The normalized spacial score (nSPS) is 11.0. The van der Waals surface area contributed by atoms with Gasteiger partial charge in [0.15, 0.2) is 0 Å². The quantitative estimate of drug-likeness (QED) is 0.0913. The lowest BCUT2D eigenvalue weighted by Gasteiger charge is -2.18. The third kappa shape index (κ3) is 7.67. The van der Waals surface area contributed by atoms with Crippen LogP contribution in [0, 0.1) is 18.8 Å². The van der Waals surface area contributed by atoms with Crippen LogP contribution in [0.2, 0.25) is 0 Å². The molecule has 8 heteroatoms. The second-order valence-electron chi connectivity index (χ2n) is 10.4. The summed E-state index contributed by atoms with van der Waals surface area (Å²) in [5.41, 5.74) is 6.80. The zero-order chi connectivity index (χ0) is 29.4. The molecule has 1 amide bonds. The topological polar surface area (TPSA) is 91.8 Å². The number of nitrogens with one attached hydrogen (secondary N) is 3. The smallest absolute Gasteiger partial charge is 0.251 e. The van der Waals surface area contributed by atoms with Crippen molar-refractivity contribution in [3.05, 3.63) is 112 Å². The SMILES string of the molecule is COc1cc(C)c(-c2cccc(C(C)(C)N=O)c2)cc1SNc1cccc(NCCNC(=O)c2cccc(C)c2)c1. The number of aryl methyl sites for hydroxylation is 2. The largest absolute Gasteiger partial charge is 0.496 e. The Morgan fingerprint density at radius 2 is 1.66 bits per heavy atom. The van der Waals surface area contributed by atoms with Crippen LogP contribution in [0.5, 0.6) is 5.75 Å². The Balaban J connectivity index is 1.41. The third-order valence-corrected chi connectivity index (χ3v) is 7.66. The van der Waals surface area contributed by atoms with Gasteiger partial charge in [-0.25, -0.2) is 0 Å². The van der Waals surface area contributed by atoms with E-state index in [4.69, 9.17) is 4.74 Å². The molecule has 0 saturated heterocycles. The molecule has 41 heavy (non-hydrogen) atoms. The molecule has 0 fully saturated rings. The van der Waals surface area contributed by atoms with Crippen molar-refractivity contribution < 1.29 is 9.53 Å². The minimum absolute atomic E-state index is 0.0791. The summed E-state index contributed by atoms with van der Waals surface area (Å²) < 4.78 is 9.11. The minimum Gasteiger partial charge on any atom is -0.496 e. The van der Waals surface area contributed by atoms with Gasteiger partial charge < -0.3 is 20.1 Å². The summed E-state index contributed by atoms with van der Waals surface area (Å²) in [5, 5.41) is 9.62. The number of rotatable bonds is 12. The van der Waals surface area contributed by atoms with E-state index in [1.54, 1.807) is 7.11 Å². The van der Waals surface area contributed by atoms with Crippen molar-refractivity contribution >= 4 is 29.2 Å². The number of carbonyl (C=O) groups excluding carboxylic acids is 1. The highest BCUT2D eigenvalue weighted by Crippen LogP contribution is 2.38. The lowest BCUT2D eigenvalue weighted by Crippen LogP contribution is -2.28. The van der Waals surface area contributed by atoms with Crippen LogP contribution in [0.25, 0.3) is 11.1 Å². The Morgan fingerprint density at radius 3 is 2.41 bits per heavy atom. The van der Waals surface area contributed by atoms with Crippen LogP contribution < -0.4 is 20.1 Å². The molecule has 0 spiro atoms. The van der Waals surface area contributed by atoms with Crippen molar-refractivity contribution in [1.29, 1.82) is 0 Å². The molecule has 0 aliphatic carbocycles. The van der Waals surface area contributed by atoms with Crippen LogP contribution >= 0.6 is 11.9 Å². The summed E-state index contributed by atoms with van der Waals surface area (Å²) in [6.07, 6.45) is 0. The Hall–Kier alpha value is -4.30. The number of ether oxygens (including phenoxy) is 1. The summed E-state index contributed by atoms with van der Waals surface area (Å²) in [5.74, 6) is 0.693. The highest BCUT2D eigenvalue weighted by atomic mass is 32.2. The second kappa shape index (κ2) is 13.4. The molecule has 0 aliphatic rings. The van der Waals surface area contributed by atoms with Crippen molar-refractivity contribution in [3.63, 3.8) is 0 Å². The lowest BCUT2D eigenvalue weighted by atomic mass is 9.91. The molecule has 0 atom stereocenters. The first-order chi connectivity index (χ1) is 19.7. The van der Waals surface area contributed by atoms with Gasteiger partial charge in [0.2, 0.25) is 0 Å². The maximum Gasteiger partial charge on any atom is 0.251 e. The zero-order valence-corrected chi connectivity index (χ0v) is 24.9. The van der Waals surface area contributed by atoms with Crippen LogP contribution in [-0.2, 0) is 5.54 Å². The molecule has 0 radical (unpaired) electrons. The van der Waals surface area contributed by atoms with Gasteiger partial charge in [-0.05, 0) is 110 Å². The minimum atomic E-state index is -0.804. The van der Waals surface area contributed by atoms with E-state index in [1.165, 1.54) is 11.9 Å². The van der Waals surface area contributed by atoms with E-state index in [2.05, 4.69) is 26.6 Å². The van der Waals surface area contributed by atoms with E-state index in [9.17, 15) is 9.70 Å². The van der Waals surface area contributed by atoms with Gasteiger partial charge in [-0.15, -0.1) is 4.91 Å². The van der Waals surface area contributed by atoms with Crippen LogP contribution in [0.1, 0.15) is 40.9 Å². The number of carbonyl (C=O) groups is 1. The first kappa shape index (κ1) is 29.7. The summed E-state index contributed by atoms with van der Waals surface area (Å²) >= 11 is 1.47. The van der Waals surface area contributed by atoms with Crippen molar-refractivity contribution in [2.24, 2.45) is 5.18 Å². The monoisotopic (exact) mass is 568 g/mol. The molecule has 4 aromatic rings. The summed E-state index contributed by atoms with van der Waals surface area (Å²) in [4.78, 5) is 24.7. The number of benzene rings is 4. The first-order valence-corrected chi connectivity index (χ1v) is 14.3. The van der Waals surface area contributed by atoms with Gasteiger partial charge in [-0.1, -0.05) is 47.1 Å². The molecule has 4 aromatic carbocycles. The zero-order valence-electron chi connectivity index (χ0n) is 24.1. The summed E-state index contributed by atoms with van der Waals surface area (Å²) in [6, 6.07) is 27.6. The lowest BCUT2D eigenvalue weighted by molar-refractivity contribution is 0.0955. The average molecular weight is 569 g/mol. The fourth-order valence-corrected chi connectivity index (χ4v) is 5.18. The number of nitrogens with zero attached hydrogens (tertiary/aromatic N) is 1. The van der Waals surface area contributed by atoms with E-state index in [0.29, 0.717) is 18.7 Å². The van der Waals surface area contributed by atoms with Crippen LogP contribution in [0.4, 0.5) is 11.4 Å². The van der Waals surface area contributed by atoms with Gasteiger partial charge >= 0.3 is 0 Å². The van der Waals surface area contributed by atoms with Crippen LogP contribution in [0.3, 0.4) is 0 Å². The van der Waals surface area contributed by atoms with Crippen molar-refractivity contribution in [2.75, 3.05) is 30.2 Å². The predicted octanol–water partition coefficient (Wildman–Crippen LogP) is 7.94. The summed E-state index contributed by atoms with van der Waals surface area (Å²) in [6.45, 7) is 8.75. The van der Waals surface area contributed by atoms with Gasteiger partial charge in [0.1, 0.15) is 11.3 Å². The molecule has 212 valence electrons. The molecule has 0 unspecified atom stereocenters. The average Bonchev–Trinajstić information content (AvgIpc) is 2.98. The molecular weight excluding hydrogens is 532 g/mol. The number of methoxy groups -OCH3 is 1. The molecule has 3 N–H and O–H groups in total. The molecule has 0 saturated carbocycles. The van der Waals surface area contributed by atoms with Gasteiger partial charge in [-0.2, -0.15) is 0 Å². The number of anilines is 2. The Bertz CT molecular complexity index is 1540. The maximum absolute atomic E-state index is 12.4. The standard InChI is InChI=1S/C33H36N4O3S/c1-22-9-6-11-25(17-22)32(38)35-16-15-34-27-13-8-14-28(20-27)36-41-31-21-29(23(2)18-30(31)40-5)24-10-7-12-26(19-24)33(3,4)37-39/h6-14,17-21,34,36H,15-16H2,1-5H3,(H,35,38). The molecule has 0 aliphatic heterocycles. The molecule has 4 rings (SSSR count). The van der Waals surface area contributed by atoms with Crippen LogP contribution in [-0.4, -0.2) is 26.1 Å². The van der Waals surface area contributed by atoms with Gasteiger partial charge in [0, 0.05) is 30.0 Å². The Labute approximate surface area is 246 Å². The highest BCUT2D eigenvalue weighted by molar-refractivity contribution is 8.00. The molecule has 7 nitrogen and oxygen atoms in total. The maximum atomic E-state index is 12.4. The summed E-state index contributed by atoms with van der Waals surface area (Å²) in [7, 11) is 1.67. The van der Waals surface area contributed by atoms with Crippen molar-refractivity contribution in [2.45, 2.75) is 38.1 Å². The third-order valence-electron chi connectivity index (χ3n) is 6.78. The van der Waals surface area contributed by atoms with Gasteiger partial charge in [-0.3, -0.25) is 4.79 Å². The fraction of sp³-hybridized carbons (Fsp3) is 0.242. The fourth-order valence-electron chi connectivity index (χ4n) is 4.41. The molecule has 0 aromatic heterocycles.